The molecule has 3 heterocycles. The molecule has 4 rings (SSSR count). The summed E-state index contributed by atoms with van der Waals surface area (Å²) in [4.78, 5) is 46.5. The van der Waals surface area contributed by atoms with Gasteiger partial charge >= 0.3 is 13.2 Å². The van der Waals surface area contributed by atoms with E-state index in [-0.39, 0.29) is 25.5 Å². The van der Waals surface area contributed by atoms with Crippen LogP contribution in [0.2, 0.25) is 0 Å². The quantitative estimate of drug-likeness (QED) is 0.336. The molecule has 5 atom stereocenters. The largest absolute Gasteiger partial charge is 0.478 e. The van der Waals surface area contributed by atoms with Gasteiger partial charge < -0.3 is 34.7 Å². The average Bonchev–Trinajstić information content (AvgIpc) is 3.48. The van der Waals surface area contributed by atoms with Gasteiger partial charge in [-0.05, 0) is 43.7 Å². The number of nitrogens with one attached hydrogen (secondary N) is 2. The van der Waals surface area contributed by atoms with Gasteiger partial charge in [-0.3, -0.25) is 9.59 Å². The van der Waals surface area contributed by atoms with Gasteiger partial charge in [0.1, 0.15) is 23.8 Å². The summed E-state index contributed by atoms with van der Waals surface area (Å²) < 4.78 is 17.0. The van der Waals surface area contributed by atoms with Crippen molar-refractivity contribution in [1.29, 1.82) is 0 Å². The van der Waals surface area contributed by atoms with E-state index in [1.54, 1.807) is 33.0 Å². The van der Waals surface area contributed by atoms with E-state index in [9.17, 15) is 19.4 Å². The molecule has 2 fully saturated rings. The van der Waals surface area contributed by atoms with Crippen molar-refractivity contribution in [2.24, 2.45) is 11.3 Å². The van der Waals surface area contributed by atoms with Crippen LogP contribution in [0.4, 0.5) is 4.79 Å². The fourth-order valence-electron chi connectivity index (χ4n) is 5.24. The molecular formula is C30H41BN4O7. The molecule has 3 N–H and O–H groups in total. The maximum atomic E-state index is 14.2. The van der Waals surface area contributed by atoms with Crippen molar-refractivity contribution in [2.45, 2.75) is 77.7 Å². The standard InChI is InChI=1S/C30H41BN4O7/c1-8-18-17-40-31(39)24(18)34-25(36)22-15-20(41-26-21-12-10-9-11-19(21)13-14-32-26)16-35(22)27(37)23(29(2,3)4)33-28(38)42-30(5,6)7/h8-14,18,20,22-24,39H,1,15-17H2,2-7H3,(H,33,38)(H,34,36)/t18?,20-,22?,23-,24?/m1/s1. The minimum Gasteiger partial charge on any atom is -0.472 e. The molecule has 2 aliphatic heterocycles. The number of ether oxygens (including phenoxy) is 2. The number of pyridine rings is 1. The first kappa shape index (κ1) is 31.3. The molecule has 1 aromatic heterocycles. The van der Waals surface area contributed by atoms with E-state index in [1.807, 2.05) is 51.1 Å². The van der Waals surface area contributed by atoms with E-state index in [4.69, 9.17) is 14.1 Å². The minimum absolute atomic E-state index is 0.0823. The van der Waals surface area contributed by atoms with Gasteiger partial charge in [-0.1, -0.05) is 45.0 Å². The third-order valence-electron chi connectivity index (χ3n) is 7.38. The zero-order valence-electron chi connectivity index (χ0n) is 25.1. The lowest BCUT2D eigenvalue weighted by Gasteiger charge is -2.36. The molecule has 2 aliphatic rings. The molecule has 12 heteroatoms. The van der Waals surface area contributed by atoms with E-state index >= 15 is 0 Å². The van der Waals surface area contributed by atoms with E-state index < -0.39 is 60.2 Å². The molecule has 2 aromatic rings. The van der Waals surface area contributed by atoms with Crippen molar-refractivity contribution >= 4 is 35.8 Å². The molecule has 0 aliphatic carbocycles. The van der Waals surface area contributed by atoms with E-state index in [2.05, 4.69) is 22.2 Å². The molecule has 226 valence electrons. The fourth-order valence-corrected chi connectivity index (χ4v) is 5.24. The lowest BCUT2D eigenvalue weighted by Crippen LogP contribution is -2.59. The molecule has 3 unspecified atom stereocenters. The molecule has 2 saturated heterocycles. The number of nitrogens with zero attached hydrogens (tertiary/aromatic N) is 2. The Balaban J connectivity index is 1.62. The van der Waals surface area contributed by atoms with Crippen molar-refractivity contribution in [3.63, 3.8) is 0 Å². The first-order chi connectivity index (χ1) is 19.7. The molecule has 0 saturated carbocycles. The molecular weight excluding hydrogens is 539 g/mol. The van der Waals surface area contributed by atoms with Crippen LogP contribution in [0.25, 0.3) is 10.8 Å². The Kier molecular flexibility index (Phi) is 9.17. The van der Waals surface area contributed by atoms with Gasteiger partial charge in [0.15, 0.2) is 0 Å². The third-order valence-corrected chi connectivity index (χ3v) is 7.38. The predicted molar refractivity (Wildman–Crippen MR) is 158 cm³/mol. The molecule has 42 heavy (non-hydrogen) atoms. The second-order valence-electron chi connectivity index (χ2n) is 12.9. The third kappa shape index (κ3) is 7.22. The first-order valence-corrected chi connectivity index (χ1v) is 14.2. The van der Waals surface area contributed by atoms with Gasteiger partial charge in [-0.2, -0.15) is 0 Å². The lowest BCUT2D eigenvalue weighted by molar-refractivity contribution is -0.142. The fraction of sp³-hybridized carbons (Fsp3) is 0.533. The predicted octanol–water partition coefficient (Wildman–Crippen LogP) is 2.86. The van der Waals surface area contributed by atoms with Crippen LogP contribution in [0.15, 0.2) is 49.2 Å². The van der Waals surface area contributed by atoms with Gasteiger partial charge in [0.2, 0.25) is 17.7 Å². The summed E-state index contributed by atoms with van der Waals surface area (Å²) in [5.74, 6) is -1.53. The normalized spacial score (nSPS) is 23.4. The van der Waals surface area contributed by atoms with Gasteiger partial charge in [0, 0.05) is 30.5 Å². The number of benzene rings is 1. The SMILES string of the molecule is C=CC1COB(O)C1NC(=O)C1C[C@@H](Oc2nccc3ccccc23)CN1C(=O)[C@@H](NC(=O)OC(C)(C)C)C(C)(C)C. The smallest absolute Gasteiger partial charge is 0.472 e. The number of rotatable bonds is 7. The van der Waals surface area contributed by atoms with Crippen LogP contribution in [-0.4, -0.2) is 82.8 Å². The highest BCUT2D eigenvalue weighted by molar-refractivity contribution is 6.46. The van der Waals surface area contributed by atoms with Crippen LogP contribution < -0.4 is 15.4 Å². The number of alkyl carbamates (subject to hydrolysis) is 1. The van der Waals surface area contributed by atoms with E-state index in [0.29, 0.717) is 5.88 Å². The van der Waals surface area contributed by atoms with Crippen LogP contribution in [0.1, 0.15) is 48.0 Å². The lowest BCUT2D eigenvalue weighted by atomic mass is 9.75. The zero-order valence-corrected chi connectivity index (χ0v) is 25.1. The van der Waals surface area contributed by atoms with Gasteiger partial charge in [-0.25, -0.2) is 9.78 Å². The summed E-state index contributed by atoms with van der Waals surface area (Å²) in [5.41, 5.74) is -1.48. The summed E-state index contributed by atoms with van der Waals surface area (Å²) in [5, 5.41) is 17.7. The van der Waals surface area contributed by atoms with Crippen molar-refractivity contribution in [3.05, 3.63) is 49.2 Å². The van der Waals surface area contributed by atoms with Crippen LogP contribution >= 0.6 is 0 Å². The number of likely N-dealkylation sites (tertiary alicyclic amines) is 1. The maximum Gasteiger partial charge on any atom is 0.478 e. The van der Waals surface area contributed by atoms with Crippen molar-refractivity contribution in [3.8, 4) is 5.88 Å². The molecule has 0 radical (unpaired) electrons. The van der Waals surface area contributed by atoms with Crippen molar-refractivity contribution < 1.29 is 33.5 Å². The number of hydrogen-bond donors (Lipinski definition) is 3. The second-order valence-corrected chi connectivity index (χ2v) is 12.9. The summed E-state index contributed by atoms with van der Waals surface area (Å²) in [6.07, 6.45) is 2.15. The highest BCUT2D eigenvalue weighted by Crippen LogP contribution is 2.31. The van der Waals surface area contributed by atoms with E-state index in [1.165, 1.54) is 4.90 Å². The molecule has 3 amide bonds. The Labute approximate surface area is 247 Å². The second kappa shape index (κ2) is 12.3. The summed E-state index contributed by atoms with van der Waals surface area (Å²) in [6.45, 7) is 14.8. The van der Waals surface area contributed by atoms with Gasteiger partial charge in [0.05, 0.1) is 12.5 Å². The Morgan fingerprint density at radius 1 is 1.19 bits per heavy atom. The molecule has 1 aromatic carbocycles. The van der Waals surface area contributed by atoms with Crippen LogP contribution in [0.5, 0.6) is 5.88 Å². The van der Waals surface area contributed by atoms with Crippen LogP contribution in [0.3, 0.4) is 0 Å². The summed E-state index contributed by atoms with van der Waals surface area (Å²) >= 11 is 0. The molecule has 0 spiro atoms. The number of amides is 3. The topological polar surface area (TPSA) is 139 Å². The number of carbonyl (C=O) groups excluding carboxylic acids is 3. The maximum absolute atomic E-state index is 14.2. The van der Waals surface area contributed by atoms with Crippen LogP contribution in [-0.2, 0) is 19.0 Å². The van der Waals surface area contributed by atoms with Crippen LogP contribution in [0, 0.1) is 11.3 Å². The Morgan fingerprint density at radius 2 is 1.90 bits per heavy atom. The highest BCUT2D eigenvalue weighted by atomic mass is 16.6. The molecule has 0 bridgehead atoms. The number of carbonyl (C=O) groups is 3. The van der Waals surface area contributed by atoms with Gasteiger partial charge in [0.25, 0.3) is 0 Å². The monoisotopic (exact) mass is 580 g/mol. The molecule has 11 nitrogen and oxygen atoms in total. The highest BCUT2D eigenvalue weighted by Gasteiger charge is 2.48. The minimum atomic E-state index is -1.20. The number of aromatic nitrogens is 1. The van der Waals surface area contributed by atoms with Gasteiger partial charge in [-0.15, -0.1) is 6.58 Å². The Bertz CT molecular complexity index is 1320. The van der Waals surface area contributed by atoms with E-state index in [0.717, 1.165) is 10.8 Å². The average molecular weight is 580 g/mol. The summed E-state index contributed by atoms with van der Waals surface area (Å²) in [6, 6.07) is 7.59. The van der Waals surface area contributed by atoms with Crippen molar-refractivity contribution in [1.82, 2.24) is 20.5 Å². The summed E-state index contributed by atoms with van der Waals surface area (Å²) in [7, 11) is -1.20. The zero-order chi connectivity index (χ0) is 30.8. The van der Waals surface area contributed by atoms with Crippen molar-refractivity contribution in [2.75, 3.05) is 13.2 Å². The number of hydrogen-bond acceptors (Lipinski definition) is 8. The number of fused-ring (bicyclic) bond motifs is 1. The first-order valence-electron chi connectivity index (χ1n) is 14.2. The Hall–Kier alpha value is -3.64. The Morgan fingerprint density at radius 3 is 2.57 bits per heavy atom.